The smallest absolute Gasteiger partial charge is 0.264 e. The highest BCUT2D eigenvalue weighted by molar-refractivity contribution is 7.92. The van der Waals surface area contributed by atoms with Crippen LogP contribution in [0.25, 0.3) is 0 Å². The molecule has 1 unspecified atom stereocenters. The van der Waals surface area contributed by atoms with Crippen molar-refractivity contribution < 1.29 is 13.2 Å². The van der Waals surface area contributed by atoms with Crippen molar-refractivity contribution in [3.05, 3.63) is 59.7 Å². The molecule has 5 nitrogen and oxygen atoms in total. The van der Waals surface area contributed by atoms with Gasteiger partial charge in [0.05, 0.1) is 10.6 Å². The number of hydrogen-bond donors (Lipinski definition) is 0. The number of carbonyl (C=O) groups is 1. The molecule has 1 amide bonds. The highest BCUT2D eigenvalue weighted by atomic mass is 32.2. The molecule has 0 saturated heterocycles. The maximum atomic E-state index is 13.5. The number of rotatable bonds is 7. The normalized spacial score (nSPS) is 18.5. The van der Waals surface area contributed by atoms with Gasteiger partial charge in [0, 0.05) is 24.2 Å². The van der Waals surface area contributed by atoms with Gasteiger partial charge in [-0.3, -0.25) is 9.10 Å². The molecule has 1 fully saturated rings. The minimum atomic E-state index is -3.75. The largest absolute Gasteiger partial charge is 0.336 e. The lowest BCUT2D eigenvalue weighted by Gasteiger charge is -2.26. The SMILES string of the molecule is CC(C)CCN(C(=O)c1cccc(S(=O)(=O)N2c3ccccc3CC2C)c1)C1CC1. The van der Waals surface area contributed by atoms with E-state index in [-0.39, 0.29) is 16.8 Å². The number of anilines is 1. The van der Waals surface area contributed by atoms with E-state index >= 15 is 0 Å². The first-order valence-electron chi connectivity index (χ1n) is 10.8. The molecule has 1 heterocycles. The number of sulfonamides is 1. The van der Waals surface area contributed by atoms with Gasteiger partial charge in [0.2, 0.25) is 0 Å². The molecular weight excluding hydrogens is 396 g/mol. The monoisotopic (exact) mass is 426 g/mol. The predicted molar refractivity (Wildman–Crippen MR) is 119 cm³/mol. The van der Waals surface area contributed by atoms with Gasteiger partial charge in [0.1, 0.15) is 0 Å². The van der Waals surface area contributed by atoms with Crippen LogP contribution in [0.15, 0.2) is 53.4 Å². The van der Waals surface area contributed by atoms with Gasteiger partial charge >= 0.3 is 0 Å². The van der Waals surface area contributed by atoms with Crippen LogP contribution in [0.3, 0.4) is 0 Å². The van der Waals surface area contributed by atoms with Gasteiger partial charge in [0.25, 0.3) is 15.9 Å². The van der Waals surface area contributed by atoms with Gasteiger partial charge in [-0.25, -0.2) is 8.42 Å². The van der Waals surface area contributed by atoms with Crippen molar-refractivity contribution in [3.8, 4) is 0 Å². The number of nitrogens with zero attached hydrogens (tertiary/aromatic N) is 2. The minimum Gasteiger partial charge on any atom is -0.336 e. The molecule has 6 heteroatoms. The van der Waals surface area contributed by atoms with Crippen molar-refractivity contribution >= 4 is 21.6 Å². The van der Waals surface area contributed by atoms with Crippen molar-refractivity contribution in [2.45, 2.75) is 63.4 Å². The molecule has 2 aromatic carbocycles. The zero-order valence-electron chi connectivity index (χ0n) is 17.9. The molecule has 0 aromatic heterocycles. The first-order chi connectivity index (χ1) is 14.3. The third kappa shape index (κ3) is 3.97. The molecule has 0 spiro atoms. The molecule has 1 aliphatic heterocycles. The molecular formula is C24H30N2O3S. The number of carbonyl (C=O) groups excluding carboxylic acids is 1. The Bertz CT molecular complexity index is 1040. The molecule has 160 valence electrons. The van der Waals surface area contributed by atoms with Crippen molar-refractivity contribution in [2.24, 2.45) is 5.92 Å². The third-order valence-corrected chi connectivity index (χ3v) is 7.90. The van der Waals surface area contributed by atoms with Crippen molar-refractivity contribution in [3.63, 3.8) is 0 Å². The molecule has 2 aromatic rings. The summed E-state index contributed by atoms with van der Waals surface area (Å²) < 4.78 is 28.5. The average molecular weight is 427 g/mol. The Morgan fingerprint density at radius 2 is 1.87 bits per heavy atom. The van der Waals surface area contributed by atoms with Crippen LogP contribution in [-0.2, 0) is 16.4 Å². The highest BCUT2D eigenvalue weighted by Crippen LogP contribution is 2.37. The number of amides is 1. The zero-order chi connectivity index (χ0) is 21.5. The summed E-state index contributed by atoms with van der Waals surface area (Å²) in [5, 5.41) is 0. The average Bonchev–Trinajstić information content (AvgIpc) is 3.48. The topological polar surface area (TPSA) is 57.7 Å². The highest BCUT2D eigenvalue weighted by Gasteiger charge is 2.37. The molecule has 1 saturated carbocycles. The van der Waals surface area contributed by atoms with Crippen LogP contribution in [0, 0.1) is 5.92 Å². The maximum Gasteiger partial charge on any atom is 0.264 e. The fourth-order valence-corrected chi connectivity index (χ4v) is 5.94. The van der Waals surface area contributed by atoms with Gasteiger partial charge in [-0.15, -0.1) is 0 Å². The summed E-state index contributed by atoms with van der Waals surface area (Å²) in [6, 6.07) is 14.3. The molecule has 1 atom stereocenters. The Hall–Kier alpha value is -2.34. The van der Waals surface area contributed by atoms with E-state index in [1.165, 1.54) is 4.31 Å². The standard InChI is InChI=1S/C24H30N2O3S/c1-17(2)13-14-25(21-11-12-21)24(27)20-8-6-9-22(16-20)30(28,29)26-18(3)15-19-7-4-5-10-23(19)26/h4-10,16-18,21H,11-15H2,1-3H3. The first-order valence-corrected chi connectivity index (χ1v) is 12.3. The van der Waals surface area contributed by atoms with E-state index < -0.39 is 10.0 Å². The van der Waals surface area contributed by atoms with Gasteiger partial charge in [-0.05, 0) is 68.4 Å². The van der Waals surface area contributed by atoms with Gasteiger partial charge in [-0.1, -0.05) is 38.1 Å². The van der Waals surface area contributed by atoms with Gasteiger partial charge in [0.15, 0.2) is 0 Å². The Morgan fingerprint density at radius 1 is 1.13 bits per heavy atom. The number of hydrogen-bond acceptors (Lipinski definition) is 3. The maximum absolute atomic E-state index is 13.5. The predicted octanol–water partition coefficient (Wildman–Crippen LogP) is 4.48. The van der Waals surface area contributed by atoms with Crippen LogP contribution in [-0.4, -0.2) is 37.9 Å². The summed E-state index contributed by atoms with van der Waals surface area (Å²) in [4.78, 5) is 15.3. The second kappa shape index (κ2) is 8.06. The lowest BCUT2D eigenvalue weighted by molar-refractivity contribution is 0.0735. The van der Waals surface area contributed by atoms with Crippen LogP contribution >= 0.6 is 0 Å². The van der Waals surface area contributed by atoms with Crippen LogP contribution in [0.2, 0.25) is 0 Å². The third-order valence-electron chi connectivity index (χ3n) is 5.98. The zero-order valence-corrected chi connectivity index (χ0v) is 18.7. The Labute approximate surface area is 179 Å². The molecule has 4 rings (SSSR count). The summed E-state index contributed by atoms with van der Waals surface area (Å²) in [6.07, 6.45) is 3.70. The first kappa shape index (κ1) is 20.9. The lowest BCUT2D eigenvalue weighted by Crippen LogP contribution is -2.36. The van der Waals surface area contributed by atoms with Gasteiger partial charge < -0.3 is 4.90 Å². The van der Waals surface area contributed by atoms with E-state index in [9.17, 15) is 13.2 Å². The Kier molecular flexibility index (Phi) is 5.62. The molecule has 0 bridgehead atoms. The van der Waals surface area contributed by atoms with Crippen molar-refractivity contribution in [2.75, 3.05) is 10.8 Å². The number of fused-ring (bicyclic) bond motifs is 1. The fraction of sp³-hybridized carbons (Fsp3) is 0.458. The van der Waals surface area contributed by atoms with E-state index in [1.54, 1.807) is 24.3 Å². The summed E-state index contributed by atoms with van der Waals surface area (Å²) in [7, 11) is -3.75. The molecule has 0 N–H and O–H groups in total. The summed E-state index contributed by atoms with van der Waals surface area (Å²) in [5.41, 5.74) is 2.22. The minimum absolute atomic E-state index is 0.0647. The summed E-state index contributed by atoms with van der Waals surface area (Å²) in [5.74, 6) is 0.451. The van der Waals surface area contributed by atoms with E-state index in [4.69, 9.17) is 0 Å². The lowest BCUT2D eigenvalue weighted by atomic mass is 10.1. The van der Waals surface area contributed by atoms with Crippen LogP contribution in [0.5, 0.6) is 0 Å². The second-order valence-electron chi connectivity index (χ2n) is 8.92. The molecule has 30 heavy (non-hydrogen) atoms. The molecule has 0 radical (unpaired) electrons. The number of para-hydroxylation sites is 1. The second-order valence-corrected chi connectivity index (χ2v) is 10.7. The van der Waals surface area contributed by atoms with Crippen LogP contribution in [0.1, 0.15) is 56.0 Å². The van der Waals surface area contributed by atoms with E-state index in [0.29, 0.717) is 30.5 Å². The fourth-order valence-electron chi connectivity index (χ4n) is 4.21. The quantitative estimate of drug-likeness (QED) is 0.656. The molecule has 2 aliphatic rings. The van der Waals surface area contributed by atoms with Crippen LogP contribution < -0.4 is 4.31 Å². The molecule has 1 aliphatic carbocycles. The van der Waals surface area contributed by atoms with Crippen molar-refractivity contribution in [1.29, 1.82) is 0 Å². The Morgan fingerprint density at radius 3 is 2.57 bits per heavy atom. The van der Waals surface area contributed by atoms with E-state index in [2.05, 4.69) is 13.8 Å². The summed E-state index contributed by atoms with van der Waals surface area (Å²) in [6.45, 7) is 6.94. The van der Waals surface area contributed by atoms with Crippen LogP contribution in [0.4, 0.5) is 5.69 Å². The van der Waals surface area contributed by atoms with E-state index in [0.717, 1.165) is 30.5 Å². The Balaban J connectivity index is 1.64. The number of benzene rings is 2. The van der Waals surface area contributed by atoms with Gasteiger partial charge in [-0.2, -0.15) is 0 Å². The summed E-state index contributed by atoms with van der Waals surface area (Å²) >= 11 is 0. The van der Waals surface area contributed by atoms with Crippen molar-refractivity contribution in [1.82, 2.24) is 4.90 Å². The van der Waals surface area contributed by atoms with E-state index in [1.807, 2.05) is 36.1 Å².